The van der Waals surface area contributed by atoms with E-state index in [4.69, 9.17) is 8.42 Å². The molecule has 6 heavy (non-hydrogen) atoms. The molecule has 0 aromatic heterocycles. The lowest BCUT2D eigenvalue weighted by Crippen LogP contribution is -1.63. The summed E-state index contributed by atoms with van der Waals surface area (Å²) in [5, 5.41) is 0. The van der Waals surface area contributed by atoms with E-state index in [2.05, 4.69) is 21.4 Å². The standard InChI is InChI=1S/CH.Cl2O2S/c;1-5(2,3)4/h1H;. The molecule has 0 amide bonds. The highest BCUT2D eigenvalue weighted by Gasteiger charge is 1.88. The largest absolute Gasteiger partial charge is 0.317 e. The smallest absolute Gasteiger partial charge is 0.195 e. The van der Waals surface area contributed by atoms with Crippen molar-refractivity contribution in [1.29, 1.82) is 0 Å². The van der Waals surface area contributed by atoms with Crippen LogP contribution < -0.4 is 0 Å². The van der Waals surface area contributed by atoms with E-state index in [0.29, 0.717) is 0 Å². The Morgan fingerprint density at radius 1 is 1.17 bits per heavy atom. The minimum absolute atomic E-state index is 0. The quantitative estimate of drug-likeness (QED) is 0.478. The SMILES string of the molecule is O=S(=O)(Cl)Cl.[CH]. The summed E-state index contributed by atoms with van der Waals surface area (Å²) in [6.45, 7) is 0. The molecule has 0 aliphatic carbocycles. The number of halogens is 2. The molecule has 0 rings (SSSR count). The summed E-state index contributed by atoms with van der Waals surface area (Å²) < 4.78 is 18.3. The molecule has 0 saturated carbocycles. The van der Waals surface area contributed by atoms with Crippen molar-refractivity contribution >= 4 is 29.6 Å². The third-order valence-electron chi connectivity index (χ3n) is 0. The van der Waals surface area contributed by atoms with Crippen LogP contribution in [-0.4, -0.2) is 8.42 Å². The van der Waals surface area contributed by atoms with Crippen molar-refractivity contribution in [3.8, 4) is 0 Å². The lowest BCUT2D eigenvalue weighted by atomic mass is 12.0. The van der Waals surface area contributed by atoms with Crippen molar-refractivity contribution in [3.05, 3.63) is 7.43 Å². The van der Waals surface area contributed by atoms with Gasteiger partial charge in [-0.05, 0) is 7.43 Å². The molecule has 0 atom stereocenters. The Hall–Kier alpha value is 0.530. The second kappa shape index (κ2) is 2.66. The monoisotopic (exact) mass is 147 g/mol. The van der Waals surface area contributed by atoms with E-state index in [9.17, 15) is 0 Å². The molecule has 2 nitrogen and oxygen atoms in total. The highest BCUT2D eigenvalue weighted by molar-refractivity contribution is 8.31. The van der Waals surface area contributed by atoms with Gasteiger partial charge in [0.05, 0.1) is 0 Å². The first kappa shape index (κ1) is 9.73. The van der Waals surface area contributed by atoms with Crippen molar-refractivity contribution in [2.24, 2.45) is 0 Å². The Bertz CT molecular complexity index is 94.7. The highest BCUT2D eigenvalue weighted by atomic mass is 36.0. The van der Waals surface area contributed by atoms with Crippen LogP contribution in [0.25, 0.3) is 0 Å². The highest BCUT2D eigenvalue weighted by Crippen LogP contribution is 1.98. The maximum atomic E-state index is 9.16. The summed E-state index contributed by atoms with van der Waals surface area (Å²) in [5.74, 6) is 0. The average Bonchev–Trinajstić information content (AvgIpc) is 0.722. The van der Waals surface area contributed by atoms with Gasteiger partial charge in [0, 0.05) is 21.4 Å². The van der Waals surface area contributed by atoms with Crippen LogP contribution in [0.5, 0.6) is 0 Å². The predicted octanol–water partition coefficient (Wildman–Crippen LogP) is 0.913. The molecule has 0 aromatic carbocycles. The Morgan fingerprint density at radius 2 is 1.17 bits per heavy atom. The summed E-state index contributed by atoms with van der Waals surface area (Å²) in [6.07, 6.45) is 0. The van der Waals surface area contributed by atoms with E-state index in [0.717, 1.165) is 0 Å². The molecule has 3 radical (unpaired) electrons. The van der Waals surface area contributed by atoms with Crippen LogP contribution in [-0.2, 0) is 8.26 Å². The van der Waals surface area contributed by atoms with Gasteiger partial charge in [0.2, 0.25) is 0 Å². The topological polar surface area (TPSA) is 34.1 Å². The second-order valence-corrected chi connectivity index (χ2v) is 4.05. The van der Waals surface area contributed by atoms with Crippen LogP contribution in [0.3, 0.4) is 0 Å². The Balaban J connectivity index is 0. The zero-order valence-corrected chi connectivity index (χ0v) is 4.89. The van der Waals surface area contributed by atoms with E-state index >= 15 is 0 Å². The molecular weight excluding hydrogens is 147 g/mol. The first-order valence-corrected chi connectivity index (χ1v) is 3.78. The normalized spacial score (nSPS) is 9.67. The fourth-order valence-electron chi connectivity index (χ4n) is 0. The Labute approximate surface area is 46.0 Å². The Morgan fingerprint density at radius 3 is 1.17 bits per heavy atom. The predicted molar refractivity (Wildman–Crippen MR) is 24.9 cm³/mol. The fraction of sp³-hybridized carbons (Fsp3) is 0. The third-order valence-corrected chi connectivity index (χ3v) is 0. The third kappa shape index (κ3) is 201. The van der Waals surface area contributed by atoms with Crippen molar-refractivity contribution in [2.75, 3.05) is 0 Å². The minimum Gasteiger partial charge on any atom is -0.195 e. The van der Waals surface area contributed by atoms with Gasteiger partial charge in [-0.2, -0.15) is 8.42 Å². The van der Waals surface area contributed by atoms with E-state index in [1.807, 2.05) is 0 Å². The summed E-state index contributed by atoms with van der Waals surface area (Å²) in [6, 6.07) is 0. The zero-order valence-electron chi connectivity index (χ0n) is 2.56. The van der Waals surface area contributed by atoms with Gasteiger partial charge < -0.3 is 0 Å². The molecule has 0 aliphatic rings. The van der Waals surface area contributed by atoms with Crippen LogP contribution in [0.2, 0.25) is 0 Å². The Kier molecular flexibility index (Phi) is 4.32. The van der Waals surface area contributed by atoms with Gasteiger partial charge in [0.25, 0.3) is 0 Å². The number of rotatable bonds is 0. The van der Waals surface area contributed by atoms with Crippen molar-refractivity contribution in [1.82, 2.24) is 0 Å². The van der Waals surface area contributed by atoms with Gasteiger partial charge in [-0.1, -0.05) is 0 Å². The molecule has 0 saturated heterocycles. The molecule has 5 heteroatoms. The summed E-state index contributed by atoms with van der Waals surface area (Å²) in [5.41, 5.74) is 0. The van der Waals surface area contributed by atoms with Crippen LogP contribution in [0.4, 0.5) is 0 Å². The first-order valence-electron chi connectivity index (χ1n) is 0.642. The van der Waals surface area contributed by atoms with Crippen LogP contribution in [0, 0.1) is 7.43 Å². The van der Waals surface area contributed by atoms with Gasteiger partial charge >= 0.3 is 8.26 Å². The fourth-order valence-corrected chi connectivity index (χ4v) is 0. The molecular formula is CHCl2O2S. The molecule has 0 heterocycles. The maximum absolute atomic E-state index is 9.16. The lowest BCUT2D eigenvalue weighted by molar-refractivity contribution is 0.621. The van der Waals surface area contributed by atoms with Gasteiger partial charge in [0.15, 0.2) is 0 Å². The molecule has 0 spiro atoms. The van der Waals surface area contributed by atoms with Gasteiger partial charge in [-0.25, -0.2) is 0 Å². The lowest BCUT2D eigenvalue weighted by Gasteiger charge is -1.61. The zero-order chi connectivity index (χ0) is 4.50. The molecule has 0 aromatic rings. The molecule has 0 fully saturated rings. The maximum Gasteiger partial charge on any atom is 0.317 e. The van der Waals surface area contributed by atoms with E-state index in [1.54, 1.807) is 0 Å². The minimum atomic E-state index is -3.72. The molecule has 0 aliphatic heterocycles. The molecule has 0 unspecified atom stereocenters. The van der Waals surface area contributed by atoms with Crippen molar-refractivity contribution in [2.45, 2.75) is 0 Å². The summed E-state index contributed by atoms with van der Waals surface area (Å²) in [4.78, 5) is 0. The first-order chi connectivity index (χ1) is 2.00. The average molecular weight is 148 g/mol. The van der Waals surface area contributed by atoms with Crippen LogP contribution in [0.15, 0.2) is 0 Å². The van der Waals surface area contributed by atoms with Crippen LogP contribution >= 0.6 is 21.4 Å². The van der Waals surface area contributed by atoms with Crippen molar-refractivity contribution in [3.63, 3.8) is 0 Å². The second-order valence-electron chi connectivity index (χ2n) is 0.378. The summed E-state index contributed by atoms with van der Waals surface area (Å²) >= 11 is 0. The van der Waals surface area contributed by atoms with Crippen molar-refractivity contribution < 1.29 is 8.42 Å². The van der Waals surface area contributed by atoms with Gasteiger partial charge in [-0.3, -0.25) is 0 Å². The molecule has 0 bridgehead atoms. The van der Waals surface area contributed by atoms with E-state index < -0.39 is 8.26 Å². The number of hydrogen-bond acceptors (Lipinski definition) is 2. The molecule has 37 valence electrons. The summed E-state index contributed by atoms with van der Waals surface area (Å²) in [7, 11) is 4.81. The number of hydrogen-bond donors (Lipinski definition) is 0. The van der Waals surface area contributed by atoms with Crippen LogP contribution in [0.1, 0.15) is 0 Å². The van der Waals surface area contributed by atoms with Gasteiger partial charge in [0.1, 0.15) is 0 Å². The van der Waals surface area contributed by atoms with E-state index in [-0.39, 0.29) is 7.43 Å². The van der Waals surface area contributed by atoms with Gasteiger partial charge in [-0.15, -0.1) is 0 Å². The van der Waals surface area contributed by atoms with E-state index in [1.165, 1.54) is 0 Å². The molecule has 0 N–H and O–H groups in total.